The molecule has 0 fully saturated rings. The molecule has 0 saturated heterocycles. The zero-order chi connectivity index (χ0) is 17.0. The molecule has 0 aromatic rings. The Morgan fingerprint density at radius 2 is 1.14 bits per heavy atom. The van der Waals surface area contributed by atoms with Crippen LogP contribution in [0.5, 0.6) is 0 Å². The highest BCUT2D eigenvalue weighted by atomic mass is 16.5. The first-order valence-electron chi connectivity index (χ1n) is 9.44. The van der Waals surface area contributed by atoms with E-state index in [0.717, 1.165) is 30.6 Å². The SMILES string of the molecule is COC(=O)C(C)CCCC(C)CCCC(C)CCCC(C)C. The Balaban J connectivity index is 3.56. The normalized spacial score (nSPS) is 15.6. The molecule has 0 saturated carbocycles. The predicted molar refractivity (Wildman–Crippen MR) is 95.9 cm³/mol. The van der Waals surface area contributed by atoms with E-state index in [1.165, 1.54) is 52.1 Å². The third kappa shape index (κ3) is 12.1. The van der Waals surface area contributed by atoms with Crippen molar-refractivity contribution >= 4 is 5.97 Å². The molecule has 0 N–H and O–H groups in total. The Labute approximate surface area is 139 Å². The van der Waals surface area contributed by atoms with Crippen LogP contribution in [0.15, 0.2) is 0 Å². The van der Waals surface area contributed by atoms with Crippen LogP contribution in [0.3, 0.4) is 0 Å². The van der Waals surface area contributed by atoms with Gasteiger partial charge in [0.05, 0.1) is 13.0 Å². The zero-order valence-corrected chi connectivity index (χ0v) is 16.0. The van der Waals surface area contributed by atoms with E-state index in [2.05, 4.69) is 27.7 Å². The molecule has 0 aromatic carbocycles. The Kier molecular flexibility index (Phi) is 12.6. The van der Waals surface area contributed by atoms with Crippen molar-refractivity contribution in [2.24, 2.45) is 23.7 Å². The van der Waals surface area contributed by atoms with Gasteiger partial charge in [-0.25, -0.2) is 0 Å². The molecule has 0 radical (unpaired) electrons. The first kappa shape index (κ1) is 21.5. The third-order valence-corrected chi connectivity index (χ3v) is 4.81. The minimum absolute atomic E-state index is 0.0539. The zero-order valence-electron chi connectivity index (χ0n) is 16.0. The van der Waals surface area contributed by atoms with Crippen LogP contribution in [0.25, 0.3) is 0 Å². The number of carbonyl (C=O) groups is 1. The predicted octanol–water partition coefficient (Wildman–Crippen LogP) is 6.23. The molecule has 0 amide bonds. The number of esters is 1. The molecule has 0 bridgehead atoms. The van der Waals surface area contributed by atoms with Gasteiger partial charge in [-0.2, -0.15) is 0 Å². The summed E-state index contributed by atoms with van der Waals surface area (Å²) in [5.74, 6) is 2.50. The second-order valence-corrected chi connectivity index (χ2v) is 7.82. The van der Waals surface area contributed by atoms with Gasteiger partial charge in [0.15, 0.2) is 0 Å². The number of methoxy groups -OCH3 is 1. The number of ether oxygens (including phenoxy) is 1. The fourth-order valence-corrected chi connectivity index (χ4v) is 3.07. The average Bonchev–Trinajstić information content (AvgIpc) is 2.45. The van der Waals surface area contributed by atoms with E-state index < -0.39 is 0 Å². The standard InChI is InChI=1S/C20H40O2/c1-16(2)10-7-11-17(3)12-8-13-18(4)14-9-15-19(5)20(21)22-6/h16-19H,7-15H2,1-6H3. The minimum Gasteiger partial charge on any atom is -0.469 e. The first-order valence-corrected chi connectivity index (χ1v) is 9.44. The number of carbonyl (C=O) groups excluding carboxylic acids is 1. The Morgan fingerprint density at radius 3 is 1.55 bits per heavy atom. The van der Waals surface area contributed by atoms with E-state index in [0.29, 0.717) is 0 Å². The Hall–Kier alpha value is -0.530. The summed E-state index contributed by atoms with van der Waals surface area (Å²) in [4.78, 5) is 11.3. The van der Waals surface area contributed by atoms with Gasteiger partial charge in [0, 0.05) is 0 Å². The molecular formula is C20H40O2. The van der Waals surface area contributed by atoms with Crippen LogP contribution in [-0.4, -0.2) is 13.1 Å². The van der Waals surface area contributed by atoms with E-state index in [-0.39, 0.29) is 11.9 Å². The summed E-state index contributed by atoms with van der Waals surface area (Å²) >= 11 is 0. The molecule has 0 heterocycles. The molecule has 0 aliphatic carbocycles. The molecule has 22 heavy (non-hydrogen) atoms. The lowest BCUT2D eigenvalue weighted by Gasteiger charge is -2.15. The largest absolute Gasteiger partial charge is 0.469 e. The van der Waals surface area contributed by atoms with Gasteiger partial charge in [-0.05, 0) is 24.2 Å². The lowest BCUT2D eigenvalue weighted by Crippen LogP contribution is -2.12. The van der Waals surface area contributed by atoms with Gasteiger partial charge in [0.1, 0.15) is 0 Å². The summed E-state index contributed by atoms with van der Waals surface area (Å²) in [6, 6.07) is 0. The van der Waals surface area contributed by atoms with E-state index in [1.54, 1.807) is 0 Å². The molecule has 2 nitrogen and oxygen atoms in total. The monoisotopic (exact) mass is 312 g/mol. The average molecular weight is 313 g/mol. The molecule has 3 unspecified atom stereocenters. The highest BCUT2D eigenvalue weighted by molar-refractivity contribution is 5.71. The summed E-state index contributed by atoms with van der Waals surface area (Å²) in [6.07, 6.45) is 11.6. The Morgan fingerprint density at radius 1 is 0.727 bits per heavy atom. The van der Waals surface area contributed by atoms with E-state index in [4.69, 9.17) is 4.74 Å². The van der Waals surface area contributed by atoms with Crippen molar-refractivity contribution in [3.63, 3.8) is 0 Å². The number of hydrogen-bond donors (Lipinski definition) is 0. The van der Waals surface area contributed by atoms with Crippen LogP contribution in [0.2, 0.25) is 0 Å². The van der Waals surface area contributed by atoms with Gasteiger partial charge in [-0.15, -0.1) is 0 Å². The summed E-state index contributed by atoms with van der Waals surface area (Å²) < 4.78 is 4.77. The maximum absolute atomic E-state index is 11.3. The van der Waals surface area contributed by atoms with Crippen LogP contribution >= 0.6 is 0 Å². The van der Waals surface area contributed by atoms with E-state index in [1.807, 2.05) is 6.92 Å². The third-order valence-electron chi connectivity index (χ3n) is 4.81. The fourth-order valence-electron chi connectivity index (χ4n) is 3.07. The number of rotatable bonds is 13. The molecule has 0 rings (SSSR count). The van der Waals surface area contributed by atoms with Crippen LogP contribution in [-0.2, 0) is 9.53 Å². The molecule has 2 heteroatoms. The van der Waals surface area contributed by atoms with Crippen LogP contribution in [0.1, 0.15) is 92.4 Å². The minimum atomic E-state index is -0.0668. The maximum Gasteiger partial charge on any atom is 0.308 e. The lowest BCUT2D eigenvalue weighted by molar-refractivity contribution is -0.145. The van der Waals surface area contributed by atoms with Gasteiger partial charge in [-0.1, -0.05) is 86.0 Å². The molecule has 0 aliphatic heterocycles. The molecular weight excluding hydrogens is 272 g/mol. The van der Waals surface area contributed by atoms with Crippen LogP contribution in [0.4, 0.5) is 0 Å². The van der Waals surface area contributed by atoms with Gasteiger partial charge in [-0.3, -0.25) is 4.79 Å². The molecule has 3 atom stereocenters. The van der Waals surface area contributed by atoms with Gasteiger partial charge in [0.25, 0.3) is 0 Å². The smallest absolute Gasteiger partial charge is 0.308 e. The van der Waals surface area contributed by atoms with Gasteiger partial charge in [0.2, 0.25) is 0 Å². The molecule has 132 valence electrons. The van der Waals surface area contributed by atoms with Crippen molar-refractivity contribution in [1.82, 2.24) is 0 Å². The summed E-state index contributed by atoms with van der Waals surface area (Å²) in [5.41, 5.74) is 0. The van der Waals surface area contributed by atoms with Gasteiger partial charge >= 0.3 is 5.97 Å². The summed E-state index contributed by atoms with van der Waals surface area (Å²) in [7, 11) is 1.48. The van der Waals surface area contributed by atoms with Crippen LogP contribution in [0, 0.1) is 23.7 Å². The van der Waals surface area contributed by atoms with Crippen molar-refractivity contribution in [3.05, 3.63) is 0 Å². The van der Waals surface area contributed by atoms with Crippen molar-refractivity contribution in [2.45, 2.75) is 92.4 Å². The molecule has 0 spiro atoms. The highest BCUT2D eigenvalue weighted by Gasteiger charge is 2.13. The Bertz CT molecular complexity index is 273. The van der Waals surface area contributed by atoms with Crippen molar-refractivity contribution in [1.29, 1.82) is 0 Å². The van der Waals surface area contributed by atoms with E-state index in [9.17, 15) is 4.79 Å². The maximum atomic E-state index is 11.3. The van der Waals surface area contributed by atoms with Gasteiger partial charge < -0.3 is 4.74 Å². The second-order valence-electron chi connectivity index (χ2n) is 7.82. The molecule has 0 aliphatic rings. The first-order chi connectivity index (χ1) is 10.4. The summed E-state index contributed by atoms with van der Waals surface area (Å²) in [6.45, 7) is 11.4. The topological polar surface area (TPSA) is 26.3 Å². The van der Waals surface area contributed by atoms with Crippen molar-refractivity contribution < 1.29 is 9.53 Å². The van der Waals surface area contributed by atoms with Crippen molar-refractivity contribution in [3.8, 4) is 0 Å². The summed E-state index contributed by atoms with van der Waals surface area (Å²) in [5, 5.41) is 0. The number of hydrogen-bond acceptors (Lipinski definition) is 2. The quantitative estimate of drug-likeness (QED) is 0.376. The second kappa shape index (κ2) is 13.0. The molecule has 0 aromatic heterocycles. The highest BCUT2D eigenvalue weighted by Crippen LogP contribution is 2.22. The van der Waals surface area contributed by atoms with Crippen molar-refractivity contribution in [2.75, 3.05) is 7.11 Å². The van der Waals surface area contributed by atoms with E-state index >= 15 is 0 Å². The van der Waals surface area contributed by atoms with Crippen LogP contribution < -0.4 is 0 Å². The lowest BCUT2D eigenvalue weighted by atomic mass is 9.91. The fraction of sp³-hybridized carbons (Fsp3) is 0.950.